The number of thioether (sulfide) groups is 1. The second-order valence-corrected chi connectivity index (χ2v) is 7.10. The predicted octanol–water partition coefficient (Wildman–Crippen LogP) is 4.54. The van der Waals surface area contributed by atoms with Gasteiger partial charge in [-0.15, -0.1) is 11.8 Å². The number of amides is 1. The Kier molecular flexibility index (Phi) is 6.91. The number of halogens is 1. The van der Waals surface area contributed by atoms with Gasteiger partial charge in [0, 0.05) is 15.6 Å². The molecule has 0 aromatic heterocycles. The third-order valence-corrected chi connectivity index (χ3v) is 5.14. The number of carbonyl (C=O) groups excluding carboxylic acids is 2. The van der Waals surface area contributed by atoms with Crippen molar-refractivity contribution in [3.8, 4) is 0 Å². The fraction of sp³-hybridized carbons (Fsp3) is 0.263. The van der Waals surface area contributed by atoms with Gasteiger partial charge in [-0.2, -0.15) is 0 Å². The number of hydrogen-bond acceptors (Lipinski definition) is 4. The van der Waals surface area contributed by atoms with Crippen molar-refractivity contribution in [1.82, 2.24) is 0 Å². The number of esters is 1. The highest BCUT2D eigenvalue weighted by Gasteiger charge is 2.11. The van der Waals surface area contributed by atoms with Crippen LogP contribution in [0, 0.1) is 20.8 Å². The minimum atomic E-state index is -0.427. The van der Waals surface area contributed by atoms with E-state index in [1.165, 1.54) is 11.8 Å². The lowest BCUT2D eigenvalue weighted by Gasteiger charge is -2.10. The Morgan fingerprint density at radius 3 is 2.68 bits per heavy atom. The summed E-state index contributed by atoms with van der Waals surface area (Å²) < 4.78 is 5.03. The summed E-state index contributed by atoms with van der Waals surface area (Å²) >= 11 is 7.41. The van der Waals surface area contributed by atoms with E-state index in [4.69, 9.17) is 16.3 Å². The molecule has 6 heteroatoms. The van der Waals surface area contributed by atoms with Crippen LogP contribution < -0.4 is 5.32 Å². The summed E-state index contributed by atoms with van der Waals surface area (Å²) in [4.78, 5) is 24.8. The molecule has 0 spiro atoms. The fourth-order valence-corrected chi connectivity index (χ4v) is 3.21. The molecule has 0 radical (unpaired) electrons. The lowest BCUT2D eigenvalue weighted by atomic mass is 10.2. The zero-order chi connectivity index (χ0) is 18.4. The van der Waals surface area contributed by atoms with Gasteiger partial charge in [-0.25, -0.2) is 0 Å². The molecular formula is C19H20ClNO3S. The molecule has 1 N–H and O–H groups in total. The van der Waals surface area contributed by atoms with Crippen LogP contribution in [0.1, 0.15) is 16.7 Å². The number of nitrogens with one attached hydrogen (secondary N) is 1. The van der Waals surface area contributed by atoms with E-state index in [1.807, 2.05) is 39.0 Å². The molecule has 132 valence electrons. The number of hydrogen-bond donors (Lipinski definition) is 1. The lowest BCUT2D eigenvalue weighted by molar-refractivity contribution is -0.144. The number of aryl methyl sites for hydroxylation is 2. The topological polar surface area (TPSA) is 55.4 Å². The van der Waals surface area contributed by atoms with Gasteiger partial charge < -0.3 is 10.1 Å². The summed E-state index contributed by atoms with van der Waals surface area (Å²) in [6.45, 7) is 5.49. The molecular weight excluding hydrogens is 358 g/mol. The summed E-state index contributed by atoms with van der Waals surface area (Å²) in [5, 5.41) is 3.26. The maximum Gasteiger partial charge on any atom is 0.316 e. The predicted molar refractivity (Wildman–Crippen MR) is 102 cm³/mol. The highest BCUT2D eigenvalue weighted by atomic mass is 35.5. The van der Waals surface area contributed by atoms with Gasteiger partial charge in [0.2, 0.25) is 0 Å². The normalized spacial score (nSPS) is 10.4. The molecule has 1 amide bonds. The van der Waals surface area contributed by atoms with Crippen molar-refractivity contribution in [2.24, 2.45) is 0 Å². The molecule has 0 unspecified atom stereocenters. The van der Waals surface area contributed by atoms with Crippen LogP contribution in [0.3, 0.4) is 0 Å². The van der Waals surface area contributed by atoms with Crippen LogP contribution >= 0.6 is 23.4 Å². The van der Waals surface area contributed by atoms with Crippen LogP contribution in [0.15, 0.2) is 41.3 Å². The maximum absolute atomic E-state index is 11.9. The van der Waals surface area contributed by atoms with Crippen LogP contribution in [0.25, 0.3) is 0 Å². The van der Waals surface area contributed by atoms with Crippen molar-refractivity contribution < 1.29 is 14.3 Å². The van der Waals surface area contributed by atoms with E-state index < -0.39 is 11.9 Å². The van der Waals surface area contributed by atoms with Crippen molar-refractivity contribution in [2.45, 2.75) is 25.7 Å². The Bertz CT molecular complexity index is 792. The minimum Gasteiger partial charge on any atom is -0.455 e. The molecule has 0 saturated carbocycles. The summed E-state index contributed by atoms with van der Waals surface area (Å²) in [5.41, 5.74) is 3.63. The Morgan fingerprint density at radius 2 is 1.92 bits per heavy atom. The van der Waals surface area contributed by atoms with Crippen molar-refractivity contribution in [2.75, 3.05) is 17.7 Å². The van der Waals surface area contributed by atoms with E-state index in [2.05, 4.69) is 5.32 Å². The third kappa shape index (κ3) is 5.80. The number of rotatable bonds is 6. The molecule has 0 aliphatic carbocycles. The van der Waals surface area contributed by atoms with Gasteiger partial charge in [0.05, 0.1) is 5.75 Å². The number of carbonyl (C=O) groups is 2. The third-order valence-electron chi connectivity index (χ3n) is 3.60. The van der Waals surface area contributed by atoms with Gasteiger partial charge in [0.1, 0.15) is 0 Å². The van der Waals surface area contributed by atoms with Crippen LogP contribution in [-0.4, -0.2) is 24.2 Å². The molecule has 2 rings (SSSR count). The van der Waals surface area contributed by atoms with Gasteiger partial charge in [-0.05, 0) is 50.1 Å². The lowest BCUT2D eigenvalue weighted by Crippen LogP contribution is -2.22. The van der Waals surface area contributed by atoms with Crippen molar-refractivity contribution in [1.29, 1.82) is 0 Å². The molecule has 0 fully saturated rings. The van der Waals surface area contributed by atoms with Crippen LogP contribution in [0.2, 0.25) is 5.02 Å². The molecule has 0 heterocycles. The molecule has 0 saturated heterocycles. The van der Waals surface area contributed by atoms with Crippen LogP contribution in [-0.2, 0) is 14.3 Å². The summed E-state index contributed by atoms with van der Waals surface area (Å²) in [6.07, 6.45) is 0. The van der Waals surface area contributed by atoms with E-state index in [9.17, 15) is 9.59 Å². The highest BCUT2D eigenvalue weighted by molar-refractivity contribution is 8.00. The Morgan fingerprint density at radius 1 is 1.16 bits per heavy atom. The molecule has 0 aliphatic rings. The number of ether oxygens (including phenoxy) is 1. The second-order valence-electron chi connectivity index (χ2n) is 5.68. The van der Waals surface area contributed by atoms with E-state index in [0.717, 1.165) is 21.6 Å². The Labute approximate surface area is 156 Å². The fourth-order valence-electron chi connectivity index (χ4n) is 2.12. The van der Waals surface area contributed by atoms with E-state index in [0.29, 0.717) is 10.7 Å². The molecule has 2 aromatic carbocycles. The van der Waals surface area contributed by atoms with Crippen LogP contribution in [0.5, 0.6) is 0 Å². The molecule has 0 bridgehead atoms. The summed E-state index contributed by atoms with van der Waals surface area (Å²) in [6, 6.07) is 11.3. The number of benzene rings is 2. The Balaban J connectivity index is 1.80. The van der Waals surface area contributed by atoms with Gasteiger partial charge >= 0.3 is 5.97 Å². The maximum atomic E-state index is 11.9. The van der Waals surface area contributed by atoms with Gasteiger partial charge in [-0.1, -0.05) is 35.4 Å². The second kappa shape index (κ2) is 8.92. The van der Waals surface area contributed by atoms with Gasteiger partial charge in [-0.3, -0.25) is 9.59 Å². The first kappa shape index (κ1) is 19.3. The van der Waals surface area contributed by atoms with E-state index in [-0.39, 0.29) is 12.4 Å². The smallest absolute Gasteiger partial charge is 0.316 e. The SMILES string of the molecule is Cc1ccc(C)c(SCC(=O)OCC(=O)Nc2cccc(Cl)c2C)c1. The van der Waals surface area contributed by atoms with Crippen molar-refractivity contribution in [3.63, 3.8) is 0 Å². The van der Waals surface area contributed by atoms with Crippen molar-refractivity contribution in [3.05, 3.63) is 58.1 Å². The highest BCUT2D eigenvalue weighted by Crippen LogP contribution is 2.24. The molecule has 2 aromatic rings. The molecule has 4 nitrogen and oxygen atoms in total. The monoisotopic (exact) mass is 377 g/mol. The zero-order valence-corrected chi connectivity index (χ0v) is 16.0. The van der Waals surface area contributed by atoms with Gasteiger partial charge in [0.25, 0.3) is 5.91 Å². The van der Waals surface area contributed by atoms with E-state index in [1.54, 1.807) is 18.2 Å². The minimum absolute atomic E-state index is 0.160. The summed E-state index contributed by atoms with van der Waals surface area (Å²) in [5.74, 6) is -0.660. The standard InChI is InChI=1S/C19H20ClNO3S/c1-12-7-8-13(2)17(9-12)25-11-19(23)24-10-18(22)21-16-6-4-5-15(20)14(16)3/h4-9H,10-11H2,1-3H3,(H,21,22). The molecule has 25 heavy (non-hydrogen) atoms. The first-order valence-electron chi connectivity index (χ1n) is 7.77. The largest absolute Gasteiger partial charge is 0.455 e. The Hall–Kier alpha value is -1.98. The first-order valence-corrected chi connectivity index (χ1v) is 9.14. The number of anilines is 1. The summed E-state index contributed by atoms with van der Waals surface area (Å²) in [7, 11) is 0. The average molecular weight is 378 g/mol. The average Bonchev–Trinajstić information content (AvgIpc) is 2.58. The first-order chi connectivity index (χ1) is 11.9. The zero-order valence-electron chi connectivity index (χ0n) is 14.4. The van der Waals surface area contributed by atoms with Crippen molar-refractivity contribution >= 4 is 40.9 Å². The van der Waals surface area contributed by atoms with E-state index >= 15 is 0 Å². The van der Waals surface area contributed by atoms with Gasteiger partial charge in [0.15, 0.2) is 6.61 Å². The quantitative estimate of drug-likeness (QED) is 0.593. The molecule has 0 atom stereocenters. The molecule has 0 aliphatic heterocycles. The van der Waals surface area contributed by atoms with Crippen LogP contribution in [0.4, 0.5) is 5.69 Å².